The van der Waals surface area contributed by atoms with Crippen molar-refractivity contribution in [2.45, 2.75) is 46.5 Å². The molecule has 0 saturated heterocycles. The van der Waals surface area contributed by atoms with Crippen molar-refractivity contribution < 1.29 is 4.79 Å². The number of carbonyl (C=O) groups is 1. The van der Waals surface area contributed by atoms with Crippen LogP contribution in [0.2, 0.25) is 0 Å². The Morgan fingerprint density at radius 1 is 1.20 bits per heavy atom. The molecule has 2 nitrogen and oxygen atoms in total. The van der Waals surface area contributed by atoms with E-state index >= 15 is 0 Å². The molecule has 3 heteroatoms. The molecule has 0 bridgehead atoms. The normalized spacial score (nSPS) is 13.2. The summed E-state index contributed by atoms with van der Waals surface area (Å²) < 4.78 is 1.20. The molecule has 0 aromatic heterocycles. The van der Waals surface area contributed by atoms with Crippen molar-refractivity contribution in [2.75, 3.05) is 6.54 Å². The van der Waals surface area contributed by atoms with Crippen LogP contribution in [-0.4, -0.2) is 12.3 Å². The van der Waals surface area contributed by atoms with Gasteiger partial charge in [-0.05, 0) is 71.0 Å². The van der Waals surface area contributed by atoms with Crippen LogP contribution in [0.15, 0.2) is 24.3 Å². The number of hydrogen-bond donors (Lipinski definition) is 1. The van der Waals surface area contributed by atoms with Gasteiger partial charge in [0.15, 0.2) is 0 Å². The van der Waals surface area contributed by atoms with Gasteiger partial charge in [0.2, 0.25) is 0 Å². The van der Waals surface area contributed by atoms with Crippen LogP contribution < -0.4 is 5.73 Å². The number of rotatable bonds is 7. The number of benzene rings is 1. The van der Waals surface area contributed by atoms with Gasteiger partial charge in [-0.25, -0.2) is 0 Å². The first-order valence-electron chi connectivity index (χ1n) is 7.29. The highest BCUT2D eigenvalue weighted by Crippen LogP contribution is 2.32. The minimum absolute atomic E-state index is 0.225. The van der Waals surface area contributed by atoms with Crippen molar-refractivity contribution in [1.82, 2.24) is 0 Å². The number of nitrogens with two attached hydrogens (primary N) is 1. The second kappa shape index (κ2) is 8.13. The summed E-state index contributed by atoms with van der Waals surface area (Å²) in [5.74, 6) is 0.852. The van der Waals surface area contributed by atoms with E-state index < -0.39 is 0 Å². The Kier molecular flexibility index (Phi) is 7.17. The first kappa shape index (κ1) is 17.6. The Balaban J connectivity index is 2.47. The van der Waals surface area contributed by atoms with Gasteiger partial charge in [0.05, 0.1) is 0 Å². The van der Waals surface area contributed by atoms with Crippen molar-refractivity contribution in [3.63, 3.8) is 0 Å². The minimum Gasteiger partial charge on any atom is -0.330 e. The molecule has 0 fully saturated rings. The van der Waals surface area contributed by atoms with Crippen molar-refractivity contribution in [1.29, 1.82) is 0 Å². The van der Waals surface area contributed by atoms with E-state index in [0.717, 1.165) is 18.4 Å². The minimum atomic E-state index is 0.225. The fraction of sp³-hybridized carbons (Fsp3) is 0.588. The zero-order chi connectivity index (χ0) is 15.2. The van der Waals surface area contributed by atoms with Crippen molar-refractivity contribution in [2.24, 2.45) is 17.1 Å². The van der Waals surface area contributed by atoms with Crippen LogP contribution in [0.1, 0.15) is 45.6 Å². The number of carbonyl (C=O) groups excluding carboxylic acids is 1. The summed E-state index contributed by atoms with van der Waals surface area (Å²) in [7, 11) is 0. The van der Waals surface area contributed by atoms with Crippen molar-refractivity contribution in [3.05, 3.63) is 33.4 Å². The SMILES string of the molecule is CC(C)(C)C(CCN)CCC(=O)Cc1ccc(I)cc1. The van der Waals surface area contributed by atoms with Crippen molar-refractivity contribution in [3.8, 4) is 0 Å². The average Bonchev–Trinajstić information content (AvgIpc) is 2.36. The maximum absolute atomic E-state index is 12.1. The molecule has 0 heterocycles. The number of hydrogen-bond acceptors (Lipinski definition) is 2. The van der Waals surface area contributed by atoms with Crippen LogP contribution in [-0.2, 0) is 11.2 Å². The number of halogens is 1. The lowest BCUT2D eigenvalue weighted by Crippen LogP contribution is -2.24. The summed E-state index contributed by atoms with van der Waals surface area (Å²) in [4.78, 5) is 12.1. The predicted molar refractivity (Wildman–Crippen MR) is 93.7 cm³/mol. The molecular weight excluding hydrogens is 361 g/mol. The lowest BCUT2D eigenvalue weighted by Gasteiger charge is -2.30. The first-order chi connectivity index (χ1) is 9.32. The predicted octanol–water partition coefficient (Wildman–Crippen LogP) is 4.19. The molecule has 0 aliphatic heterocycles. The summed E-state index contributed by atoms with van der Waals surface area (Å²) in [6, 6.07) is 8.19. The van der Waals surface area contributed by atoms with E-state index in [1.807, 2.05) is 12.1 Å². The summed E-state index contributed by atoms with van der Waals surface area (Å²) in [6.07, 6.45) is 3.16. The van der Waals surface area contributed by atoms with Gasteiger partial charge in [0.25, 0.3) is 0 Å². The quantitative estimate of drug-likeness (QED) is 0.713. The third-order valence-electron chi connectivity index (χ3n) is 3.83. The van der Waals surface area contributed by atoms with Gasteiger partial charge < -0.3 is 5.73 Å². The molecule has 1 unspecified atom stereocenters. The highest BCUT2D eigenvalue weighted by molar-refractivity contribution is 14.1. The van der Waals surface area contributed by atoms with Gasteiger partial charge in [-0.1, -0.05) is 32.9 Å². The molecule has 0 amide bonds. The summed E-state index contributed by atoms with van der Waals surface area (Å²) >= 11 is 2.28. The lowest BCUT2D eigenvalue weighted by molar-refractivity contribution is -0.118. The van der Waals surface area contributed by atoms with Crippen LogP contribution in [0.4, 0.5) is 0 Å². The Bertz CT molecular complexity index is 420. The van der Waals surface area contributed by atoms with E-state index in [1.165, 1.54) is 3.57 Å². The van der Waals surface area contributed by atoms with E-state index in [9.17, 15) is 4.79 Å². The van der Waals surface area contributed by atoms with Crippen molar-refractivity contribution >= 4 is 28.4 Å². The smallest absolute Gasteiger partial charge is 0.137 e. The van der Waals surface area contributed by atoms with Gasteiger partial charge in [0, 0.05) is 16.4 Å². The average molecular weight is 387 g/mol. The summed E-state index contributed by atoms with van der Waals surface area (Å²) in [5, 5.41) is 0. The molecular formula is C17H26INO. The molecule has 112 valence electrons. The van der Waals surface area contributed by atoms with Crippen LogP contribution in [0.5, 0.6) is 0 Å². The molecule has 0 radical (unpaired) electrons. The highest BCUT2D eigenvalue weighted by atomic mass is 127. The molecule has 1 rings (SSSR count). The molecule has 0 aliphatic carbocycles. The van der Waals surface area contributed by atoms with Crippen LogP contribution in [0, 0.1) is 14.9 Å². The number of ketones is 1. The molecule has 0 saturated carbocycles. The standard InChI is InChI=1S/C17H26INO/c1-17(2,3)14(10-11-19)6-9-16(20)12-13-4-7-15(18)8-5-13/h4-5,7-8,14H,6,9-12,19H2,1-3H3. The van der Waals surface area contributed by atoms with Gasteiger partial charge >= 0.3 is 0 Å². The third-order valence-corrected chi connectivity index (χ3v) is 4.55. The van der Waals surface area contributed by atoms with E-state index in [4.69, 9.17) is 5.73 Å². The zero-order valence-corrected chi connectivity index (χ0v) is 14.9. The van der Waals surface area contributed by atoms with Gasteiger partial charge in [-0.15, -0.1) is 0 Å². The topological polar surface area (TPSA) is 43.1 Å². The van der Waals surface area contributed by atoms with Crippen LogP contribution in [0.25, 0.3) is 0 Å². The third kappa shape index (κ3) is 6.35. The maximum atomic E-state index is 12.1. The van der Waals surface area contributed by atoms with E-state index in [1.54, 1.807) is 0 Å². The zero-order valence-electron chi connectivity index (χ0n) is 12.8. The fourth-order valence-corrected chi connectivity index (χ4v) is 2.82. The monoisotopic (exact) mass is 387 g/mol. The van der Waals surface area contributed by atoms with Crippen LogP contribution in [0.3, 0.4) is 0 Å². The Labute approximate surface area is 136 Å². The Morgan fingerprint density at radius 3 is 2.30 bits per heavy atom. The molecule has 20 heavy (non-hydrogen) atoms. The Hall–Kier alpha value is -0.420. The Morgan fingerprint density at radius 2 is 1.80 bits per heavy atom. The number of Topliss-reactive ketones (excluding diaryl/α,β-unsaturated/α-hetero) is 1. The molecule has 1 aromatic carbocycles. The molecule has 0 aliphatic rings. The highest BCUT2D eigenvalue weighted by Gasteiger charge is 2.24. The molecule has 0 spiro atoms. The maximum Gasteiger partial charge on any atom is 0.137 e. The fourth-order valence-electron chi connectivity index (χ4n) is 2.47. The van der Waals surface area contributed by atoms with Gasteiger partial charge in [-0.3, -0.25) is 4.79 Å². The summed E-state index contributed by atoms with van der Waals surface area (Å²) in [5.41, 5.74) is 7.02. The van der Waals surface area contributed by atoms with Crippen LogP contribution >= 0.6 is 22.6 Å². The second-order valence-corrected chi connectivity index (χ2v) is 7.77. The molecule has 2 N–H and O–H groups in total. The van der Waals surface area contributed by atoms with Gasteiger partial charge in [-0.2, -0.15) is 0 Å². The summed E-state index contributed by atoms with van der Waals surface area (Å²) in [6.45, 7) is 7.40. The van der Waals surface area contributed by atoms with Gasteiger partial charge in [0.1, 0.15) is 5.78 Å². The van der Waals surface area contributed by atoms with E-state index in [0.29, 0.717) is 31.1 Å². The first-order valence-corrected chi connectivity index (χ1v) is 8.37. The molecule has 1 aromatic rings. The van der Waals surface area contributed by atoms with E-state index in [-0.39, 0.29) is 5.41 Å². The molecule has 1 atom stereocenters. The largest absolute Gasteiger partial charge is 0.330 e. The second-order valence-electron chi connectivity index (χ2n) is 6.52. The van der Waals surface area contributed by atoms with E-state index in [2.05, 4.69) is 55.5 Å². The lowest BCUT2D eigenvalue weighted by atomic mass is 9.76.